The van der Waals surface area contributed by atoms with Gasteiger partial charge in [-0.3, -0.25) is 0 Å². The van der Waals surface area contributed by atoms with Crippen LogP contribution >= 0.6 is 0 Å². The van der Waals surface area contributed by atoms with E-state index in [4.69, 9.17) is 11.7 Å². The van der Waals surface area contributed by atoms with Gasteiger partial charge in [-0.2, -0.15) is 0 Å². The van der Waals surface area contributed by atoms with E-state index >= 15 is 0 Å². The predicted molar refractivity (Wildman–Crippen MR) is 54.3 cm³/mol. The van der Waals surface area contributed by atoms with E-state index in [2.05, 4.69) is 21.0 Å². The Morgan fingerprint density at radius 2 is 1.29 bits per heavy atom. The Bertz CT molecular complexity index is 304. The van der Waals surface area contributed by atoms with E-state index in [9.17, 15) is 0 Å². The van der Waals surface area contributed by atoms with Gasteiger partial charge in [-0.15, -0.1) is 10.2 Å². The highest BCUT2D eigenvalue weighted by atomic mass is 15.3. The first-order chi connectivity index (χ1) is 6.86. The van der Waals surface area contributed by atoms with Gasteiger partial charge in [0, 0.05) is 11.1 Å². The Morgan fingerprint density at radius 3 is 1.64 bits per heavy atom. The summed E-state index contributed by atoms with van der Waals surface area (Å²) >= 11 is 0. The molecule has 76 valence electrons. The highest BCUT2D eigenvalue weighted by molar-refractivity contribution is 5.57. The van der Waals surface area contributed by atoms with E-state index < -0.39 is 0 Å². The van der Waals surface area contributed by atoms with Gasteiger partial charge in [-0.05, 0) is 25.7 Å². The summed E-state index contributed by atoms with van der Waals surface area (Å²) in [5.74, 6) is 12.1. The molecule has 14 heavy (non-hydrogen) atoms. The lowest BCUT2D eigenvalue weighted by Gasteiger charge is -2.19. The normalized spacial score (nSPS) is 14.7. The zero-order valence-corrected chi connectivity index (χ0v) is 7.88. The third-order valence-corrected chi connectivity index (χ3v) is 2.56. The van der Waals surface area contributed by atoms with Crippen LogP contribution in [0, 0.1) is 0 Å². The van der Waals surface area contributed by atoms with Crippen LogP contribution in [-0.2, 0) is 12.8 Å². The lowest BCUT2D eigenvalue weighted by Crippen LogP contribution is -2.20. The van der Waals surface area contributed by atoms with Gasteiger partial charge in [0.05, 0.1) is 0 Å². The van der Waals surface area contributed by atoms with Crippen LogP contribution in [0.3, 0.4) is 0 Å². The third kappa shape index (κ3) is 1.38. The minimum atomic E-state index is 0.665. The predicted octanol–water partition coefficient (Wildman–Crippen LogP) is -0.0734. The molecule has 0 bridgehead atoms. The van der Waals surface area contributed by atoms with E-state index in [0.717, 1.165) is 36.8 Å². The topological polar surface area (TPSA) is 102 Å². The van der Waals surface area contributed by atoms with Gasteiger partial charge in [0.25, 0.3) is 0 Å². The minimum absolute atomic E-state index is 0.665. The first kappa shape index (κ1) is 9.17. The minimum Gasteiger partial charge on any atom is -0.307 e. The van der Waals surface area contributed by atoms with Crippen molar-refractivity contribution in [2.75, 3.05) is 10.9 Å². The van der Waals surface area contributed by atoms with Gasteiger partial charge in [0.2, 0.25) is 0 Å². The number of hydrogen-bond donors (Lipinski definition) is 4. The SMILES string of the molecule is NNc1nnc(NN)c2c1CCCC2. The van der Waals surface area contributed by atoms with Crippen molar-refractivity contribution in [3.05, 3.63) is 11.1 Å². The molecule has 0 spiro atoms. The second-order valence-corrected chi connectivity index (χ2v) is 3.35. The first-order valence-electron chi connectivity index (χ1n) is 4.68. The number of nitrogens with one attached hydrogen (secondary N) is 2. The summed E-state index contributed by atoms with van der Waals surface area (Å²) in [6.07, 6.45) is 4.30. The van der Waals surface area contributed by atoms with Crippen LogP contribution in [0.15, 0.2) is 0 Å². The van der Waals surface area contributed by atoms with Crippen molar-refractivity contribution in [3.63, 3.8) is 0 Å². The van der Waals surface area contributed by atoms with Gasteiger partial charge in [0.15, 0.2) is 11.6 Å². The molecule has 6 N–H and O–H groups in total. The van der Waals surface area contributed by atoms with Crippen molar-refractivity contribution in [2.24, 2.45) is 11.7 Å². The van der Waals surface area contributed by atoms with Crippen LogP contribution in [-0.4, -0.2) is 10.2 Å². The van der Waals surface area contributed by atoms with Crippen molar-refractivity contribution in [1.82, 2.24) is 10.2 Å². The lowest BCUT2D eigenvalue weighted by molar-refractivity contribution is 0.677. The zero-order valence-electron chi connectivity index (χ0n) is 7.88. The molecule has 0 aromatic carbocycles. The number of aromatic nitrogens is 2. The summed E-state index contributed by atoms with van der Waals surface area (Å²) in [5, 5.41) is 7.91. The van der Waals surface area contributed by atoms with Gasteiger partial charge in [0.1, 0.15) is 0 Å². The standard InChI is InChI=1S/C8H14N6/c9-11-7-5-3-1-2-4-6(5)8(12-10)14-13-7/h1-4,9-10H2,(H,11,13)(H,12,14). The van der Waals surface area contributed by atoms with Crippen LogP contribution in [0.5, 0.6) is 0 Å². The number of rotatable bonds is 2. The van der Waals surface area contributed by atoms with E-state index in [1.807, 2.05) is 0 Å². The van der Waals surface area contributed by atoms with Gasteiger partial charge in [-0.1, -0.05) is 0 Å². The second kappa shape index (κ2) is 3.77. The molecule has 0 fully saturated rings. The molecule has 6 nitrogen and oxygen atoms in total. The molecule has 1 aromatic heterocycles. The fraction of sp³-hybridized carbons (Fsp3) is 0.500. The summed E-state index contributed by atoms with van der Waals surface area (Å²) in [6.45, 7) is 0. The number of nitrogens with two attached hydrogens (primary N) is 2. The summed E-state index contributed by atoms with van der Waals surface area (Å²) in [7, 11) is 0. The van der Waals surface area contributed by atoms with Gasteiger partial charge in [-0.25, -0.2) is 11.7 Å². The highest BCUT2D eigenvalue weighted by Crippen LogP contribution is 2.29. The summed E-state index contributed by atoms with van der Waals surface area (Å²) in [6, 6.07) is 0. The van der Waals surface area contributed by atoms with Crippen LogP contribution in [0.1, 0.15) is 24.0 Å². The number of fused-ring (bicyclic) bond motifs is 1. The van der Waals surface area contributed by atoms with E-state index in [1.165, 1.54) is 0 Å². The maximum absolute atomic E-state index is 5.36. The van der Waals surface area contributed by atoms with Crippen LogP contribution in [0.2, 0.25) is 0 Å². The van der Waals surface area contributed by atoms with Crippen molar-refractivity contribution >= 4 is 11.6 Å². The molecule has 0 atom stereocenters. The van der Waals surface area contributed by atoms with Crippen LogP contribution in [0.25, 0.3) is 0 Å². The van der Waals surface area contributed by atoms with Crippen molar-refractivity contribution in [2.45, 2.75) is 25.7 Å². The molecule has 0 unspecified atom stereocenters. The molecule has 0 radical (unpaired) electrons. The van der Waals surface area contributed by atoms with Crippen molar-refractivity contribution in [1.29, 1.82) is 0 Å². The molecule has 0 saturated carbocycles. The average Bonchev–Trinajstić information content (AvgIpc) is 2.27. The zero-order chi connectivity index (χ0) is 9.97. The number of anilines is 2. The van der Waals surface area contributed by atoms with Crippen LogP contribution < -0.4 is 22.5 Å². The van der Waals surface area contributed by atoms with Gasteiger partial charge < -0.3 is 10.9 Å². The van der Waals surface area contributed by atoms with Crippen molar-refractivity contribution in [3.8, 4) is 0 Å². The van der Waals surface area contributed by atoms with E-state index in [-0.39, 0.29) is 0 Å². The first-order valence-corrected chi connectivity index (χ1v) is 4.68. The Kier molecular flexibility index (Phi) is 2.47. The largest absolute Gasteiger partial charge is 0.307 e. The summed E-state index contributed by atoms with van der Waals surface area (Å²) < 4.78 is 0. The number of nitrogens with zero attached hydrogens (tertiary/aromatic N) is 2. The van der Waals surface area contributed by atoms with E-state index in [0.29, 0.717) is 11.6 Å². The molecule has 0 saturated heterocycles. The second-order valence-electron chi connectivity index (χ2n) is 3.35. The summed E-state index contributed by atoms with van der Waals surface area (Å²) in [4.78, 5) is 0. The Labute approximate surface area is 82.0 Å². The lowest BCUT2D eigenvalue weighted by atomic mass is 9.93. The third-order valence-electron chi connectivity index (χ3n) is 2.56. The molecular weight excluding hydrogens is 180 g/mol. The molecule has 2 rings (SSSR count). The molecule has 1 aromatic rings. The molecule has 1 aliphatic rings. The fourth-order valence-electron chi connectivity index (χ4n) is 1.88. The molecule has 1 heterocycles. The van der Waals surface area contributed by atoms with Crippen LogP contribution in [0.4, 0.5) is 11.6 Å². The monoisotopic (exact) mass is 194 g/mol. The van der Waals surface area contributed by atoms with E-state index in [1.54, 1.807) is 0 Å². The maximum Gasteiger partial charge on any atom is 0.166 e. The smallest absolute Gasteiger partial charge is 0.166 e. The Balaban J connectivity index is 2.50. The average molecular weight is 194 g/mol. The fourth-order valence-corrected chi connectivity index (χ4v) is 1.88. The molecular formula is C8H14N6. The molecule has 0 amide bonds. The molecule has 0 aliphatic heterocycles. The number of hydrogen-bond acceptors (Lipinski definition) is 6. The number of nitrogen functional groups attached to an aromatic ring is 2. The quantitative estimate of drug-likeness (QED) is 0.388. The highest BCUT2D eigenvalue weighted by Gasteiger charge is 2.18. The number of hydrazine groups is 2. The summed E-state index contributed by atoms with van der Waals surface area (Å²) in [5.41, 5.74) is 7.41. The van der Waals surface area contributed by atoms with Gasteiger partial charge >= 0.3 is 0 Å². The Morgan fingerprint density at radius 1 is 0.857 bits per heavy atom. The maximum atomic E-state index is 5.36. The Hall–Kier alpha value is -1.40. The molecule has 1 aliphatic carbocycles. The molecule has 6 heteroatoms. The van der Waals surface area contributed by atoms with Crippen molar-refractivity contribution < 1.29 is 0 Å².